The van der Waals surface area contributed by atoms with E-state index in [-0.39, 0.29) is 11.9 Å². The molecule has 0 aromatic heterocycles. The zero-order chi connectivity index (χ0) is 23.0. The maximum Gasteiger partial charge on any atom is 0.327 e. The normalized spacial score (nSPS) is 17.4. The Balaban J connectivity index is 1.98. The van der Waals surface area contributed by atoms with Gasteiger partial charge in [-0.05, 0) is 31.0 Å². The summed E-state index contributed by atoms with van der Waals surface area (Å²) in [6, 6.07) is 7.04. The van der Waals surface area contributed by atoms with Crippen LogP contribution in [0.25, 0.3) is 0 Å². The van der Waals surface area contributed by atoms with Crippen molar-refractivity contribution in [2.75, 3.05) is 72.7 Å². The first-order valence-electron chi connectivity index (χ1n) is 11.5. The highest BCUT2D eigenvalue weighted by Crippen LogP contribution is 2.24. The van der Waals surface area contributed by atoms with Crippen LogP contribution in [-0.2, 0) is 19.1 Å². The number of hydrogen-bond acceptors (Lipinski definition) is 9. The van der Waals surface area contributed by atoms with Crippen molar-refractivity contribution < 1.29 is 23.8 Å². The fraction of sp³-hybridized carbons (Fsp3) is 0.652. The number of nitrogens with one attached hydrogen (secondary N) is 3. The molecule has 3 N–H and O–H groups in total. The summed E-state index contributed by atoms with van der Waals surface area (Å²) in [7, 11) is 1.43. The van der Waals surface area contributed by atoms with E-state index >= 15 is 0 Å². The van der Waals surface area contributed by atoms with Crippen molar-refractivity contribution in [3.05, 3.63) is 29.8 Å². The molecule has 1 fully saturated rings. The van der Waals surface area contributed by atoms with Gasteiger partial charge in [-0.15, -0.1) is 0 Å². The number of rotatable bonds is 9. The van der Waals surface area contributed by atoms with E-state index in [0.29, 0.717) is 31.8 Å². The number of carbonyl (C=O) groups excluding carboxylic acids is 2. The largest absolute Gasteiger partial charge is 0.494 e. The van der Waals surface area contributed by atoms with Crippen LogP contribution in [0.4, 0.5) is 0 Å². The Bertz CT molecular complexity index is 659. The summed E-state index contributed by atoms with van der Waals surface area (Å²) in [5.41, 5.74) is 0.865. The number of carbonyl (C=O) groups is 2. The Hall–Kier alpha value is -2.20. The number of hydrogen-bond donors (Lipinski definition) is 3. The lowest BCUT2D eigenvalue weighted by molar-refractivity contribution is -0.147. The van der Waals surface area contributed by atoms with Gasteiger partial charge in [-0.1, -0.05) is 12.1 Å². The first-order valence-corrected chi connectivity index (χ1v) is 11.5. The summed E-state index contributed by atoms with van der Waals surface area (Å²) in [6.45, 7) is 9.26. The molecule has 180 valence electrons. The maximum absolute atomic E-state index is 12.7. The van der Waals surface area contributed by atoms with Gasteiger partial charge in [0.1, 0.15) is 11.8 Å². The molecule has 1 unspecified atom stereocenters. The van der Waals surface area contributed by atoms with Crippen molar-refractivity contribution in [2.24, 2.45) is 0 Å². The molecule has 0 aliphatic carbocycles. The van der Waals surface area contributed by atoms with E-state index < -0.39 is 6.04 Å². The summed E-state index contributed by atoms with van der Waals surface area (Å²) in [5, 5.41) is 10.2. The molecule has 0 radical (unpaired) electrons. The summed E-state index contributed by atoms with van der Waals surface area (Å²) < 4.78 is 15.8. The molecule has 32 heavy (non-hydrogen) atoms. The van der Waals surface area contributed by atoms with Gasteiger partial charge >= 0.3 is 11.9 Å². The zero-order valence-corrected chi connectivity index (χ0v) is 19.4. The van der Waals surface area contributed by atoms with E-state index in [1.165, 1.54) is 7.11 Å². The first-order chi connectivity index (χ1) is 15.7. The van der Waals surface area contributed by atoms with Crippen LogP contribution in [0.5, 0.6) is 5.75 Å². The molecular formula is C23H38N4O5. The smallest absolute Gasteiger partial charge is 0.327 e. The molecule has 1 heterocycles. The van der Waals surface area contributed by atoms with Crippen molar-refractivity contribution in [3.8, 4) is 5.75 Å². The van der Waals surface area contributed by atoms with Crippen molar-refractivity contribution in [1.29, 1.82) is 0 Å². The van der Waals surface area contributed by atoms with E-state index in [2.05, 4.69) is 20.9 Å². The molecule has 1 aromatic carbocycles. The van der Waals surface area contributed by atoms with E-state index in [1.807, 2.05) is 24.3 Å². The standard InChI is InChI=1S/C23H38N4O5/c1-3-31-21(28)5-4-18-32-20-8-6-19(7-9-20)22(23(29)30-2)27-16-14-25-12-10-24-11-13-26-15-17-27/h6-9,22,24-26H,3-5,10-18H2,1-2H3. The third-order valence-electron chi connectivity index (χ3n) is 5.19. The summed E-state index contributed by atoms with van der Waals surface area (Å²) in [4.78, 5) is 26.3. The summed E-state index contributed by atoms with van der Waals surface area (Å²) >= 11 is 0. The lowest BCUT2D eigenvalue weighted by Gasteiger charge is -2.31. The van der Waals surface area contributed by atoms with Gasteiger partial charge in [-0.3, -0.25) is 9.69 Å². The summed E-state index contributed by atoms with van der Waals surface area (Å²) in [6.07, 6.45) is 0.929. The molecule has 0 amide bonds. The monoisotopic (exact) mass is 450 g/mol. The van der Waals surface area contributed by atoms with Crippen molar-refractivity contribution in [1.82, 2.24) is 20.9 Å². The van der Waals surface area contributed by atoms with Crippen LogP contribution < -0.4 is 20.7 Å². The molecule has 1 saturated heterocycles. The SMILES string of the molecule is CCOC(=O)CCCOc1ccc(C(C(=O)OC)N2CCNCCNCCNCC2)cc1. The Morgan fingerprint density at radius 2 is 1.56 bits per heavy atom. The first kappa shape index (κ1) is 26.1. The molecule has 1 aliphatic rings. The molecule has 1 aromatic rings. The van der Waals surface area contributed by atoms with E-state index in [1.54, 1.807) is 6.92 Å². The minimum absolute atomic E-state index is 0.210. The number of esters is 2. The van der Waals surface area contributed by atoms with E-state index in [0.717, 1.165) is 57.9 Å². The minimum atomic E-state index is -0.484. The lowest BCUT2D eigenvalue weighted by Crippen LogP contribution is -2.45. The molecule has 9 nitrogen and oxygen atoms in total. The number of benzene rings is 1. The second kappa shape index (κ2) is 15.6. The Labute approximate surface area is 191 Å². The quantitative estimate of drug-likeness (QED) is 0.371. The third-order valence-corrected chi connectivity index (χ3v) is 5.19. The van der Waals surface area contributed by atoms with Gasteiger partial charge in [0, 0.05) is 58.8 Å². The number of nitrogens with zero attached hydrogens (tertiary/aromatic N) is 1. The third kappa shape index (κ3) is 9.52. The van der Waals surface area contributed by atoms with Gasteiger partial charge in [0.05, 0.1) is 20.3 Å². The van der Waals surface area contributed by atoms with E-state index in [9.17, 15) is 9.59 Å². The van der Waals surface area contributed by atoms with Gasteiger partial charge in [0.15, 0.2) is 0 Å². The Kier molecular flexibility index (Phi) is 12.7. The average molecular weight is 451 g/mol. The van der Waals surface area contributed by atoms with Crippen LogP contribution in [0.1, 0.15) is 31.4 Å². The predicted octanol–water partition coefficient (Wildman–Crippen LogP) is 0.707. The zero-order valence-electron chi connectivity index (χ0n) is 19.4. The fourth-order valence-electron chi connectivity index (χ4n) is 3.54. The topological polar surface area (TPSA) is 101 Å². The van der Waals surface area contributed by atoms with Crippen LogP contribution in [0.3, 0.4) is 0 Å². The van der Waals surface area contributed by atoms with Crippen LogP contribution in [-0.4, -0.2) is 89.5 Å². The minimum Gasteiger partial charge on any atom is -0.494 e. The lowest BCUT2D eigenvalue weighted by atomic mass is 10.0. The van der Waals surface area contributed by atoms with Gasteiger partial charge in [0.25, 0.3) is 0 Å². The molecule has 9 heteroatoms. The molecular weight excluding hydrogens is 412 g/mol. The molecule has 1 aliphatic heterocycles. The molecule has 0 spiro atoms. The predicted molar refractivity (Wildman–Crippen MR) is 123 cm³/mol. The van der Waals surface area contributed by atoms with Gasteiger partial charge in [-0.2, -0.15) is 0 Å². The summed E-state index contributed by atoms with van der Waals surface area (Å²) in [5.74, 6) is 0.214. The number of methoxy groups -OCH3 is 1. The highest BCUT2D eigenvalue weighted by molar-refractivity contribution is 5.77. The van der Waals surface area contributed by atoms with Gasteiger partial charge < -0.3 is 30.2 Å². The molecule has 0 saturated carbocycles. The molecule has 2 rings (SSSR count). The highest BCUT2D eigenvalue weighted by atomic mass is 16.5. The van der Waals surface area contributed by atoms with Crippen molar-refractivity contribution >= 4 is 11.9 Å². The van der Waals surface area contributed by atoms with Crippen LogP contribution in [0.15, 0.2) is 24.3 Å². The highest BCUT2D eigenvalue weighted by Gasteiger charge is 2.28. The Morgan fingerprint density at radius 1 is 0.969 bits per heavy atom. The van der Waals surface area contributed by atoms with Crippen LogP contribution in [0.2, 0.25) is 0 Å². The van der Waals surface area contributed by atoms with Crippen LogP contribution in [0, 0.1) is 0 Å². The van der Waals surface area contributed by atoms with Crippen LogP contribution >= 0.6 is 0 Å². The van der Waals surface area contributed by atoms with E-state index in [4.69, 9.17) is 14.2 Å². The van der Waals surface area contributed by atoms with Gasteiger partial charge in [0.2, 0.25) is 0 Å². The second-order valence-corrected chi connectivity index (χ2v) is 7.54. The maximum atomic E-state index is 12.7. The number of ether oxygens (including phenoxy) is 3. The van der Waals surface area contributed by atoms with Gasteiger partial charge in [-0.25, -0.2) is 4.79 Å². The molecule has 0 bridgehead atoms. The second-order valence-electron chi connectivity index (χ2n) is 7.54. The van der Waals surface area contributed by atoms with Crippen molar-refractivity contribution in [2.45, 2.75) is 25.8 Å². The fourth-order valence-corrected chi connectivity index (χ4v) is 3.54. The van der Waals surface area contributed by atoms with Crippen molar-refractivity contribution in [3.63, 3.8) is 0 Å². The average Bonchev–Trinajstić information content (AvgIpc) is 2.79. The Morgan fingerprint density at radius 3 is 2.12 bits per heavy atom. The molecule has 1 atom stereocenters.